The maximum absolute atomic E-state index is 12.0. The van der Waals surface area contributed by atoms with Crippen LogP contribution < -0.4 is 10.0 Å². The van der Waals surface area contributed by atoms with Crippen molar-refractivity contribution in [2.45, 2.75) is 43.3 Å². The Kier molecular flexibility index (Phi) is 4.25. The van der Waals surface area contributed by atoms with Gasteiger partial charge in [-0.15, -0.1) is 6.42 Å². The van der Waals surface area contributed by atoms with Gasteiger partial charge in [-0.05, 0) is 37.5 Å². The summed E-state index contributed by atoms with van der Waals surface area (Å²) >= 11 is 0. The first-order chi connectivity index (χ1) is 9.01. The largest absolute Gasteiger partial charge is 0.310 e. The molecule has 1 aromatic rings. The van der Waals surface area contributed by atoms with Crippen LogP contribution in [0.3, 0.4) is 0 Å². The minimum absolute atomic E-state index is 0.241. The lowest BCUT2D eigenvalue weighted by Crippen LogP contribution is -2.31. The lowest BCUT2D eigenvalue weighted by molar-refractivity contribution is 0.577. The summed E-state index contributed by atoms with van der Waals surface area (Å²) in [7, 11) is -3.52. The Morgan fingerprint density at radius 3 is 2.53 bits per heavy atom. The van der Waals surface area contributed by atoms with E-state index in [1.807, 2.05) is 12.1 Å². The van der Waals surface area contributed by atoms with Crippen LogP contribution in [0, 0.1) is 12.3 Å². The summed E-state index contributed by atoms with van der Waals surface area (Å²) < 4.78 is 26.4. The van der Waals surface area contributed by atoms with E-state index >= 15 is 0 Å². The van der Waals surface area contributed by atoms with Crippen molar-refractivity contribution >= 4 is 10.0 Å². The molecule has 1 unspecified atom stereocenters. The van der Waals surface area contributed by atoms with E-state index in [9.17, 15) is 8.42 Å². The molecule has 1 fully saturated rings. The van der Waals surface area contributed by atoms with E-state index in [4.69, 9.17) is 6.42 Å². The fourth-order valence-corrected chi connectivity index (χ4v) is 2.83. The van der Waals surface area contributed by atoms with Crippen LogP contribution in [-0.4, -0.2) is 20.5 Å². The molecule has 0 aromatic heterocycles. The van der Waals surface area contributed by atoms with Crippen molar-refractivity contribution in [1.82, 2.24) is 10.0 Å². The van der Waals surface area contributed by atoms with Gasteiger partial charge in [-0.1, -0.05) is 18.1 Å². The van der Waals surface area contributed by atoms with Crippen LogP contribution >= 0.6 is 0 Å². The van der Waals surface area contributed by atoms with Gasteiger partial charge in [0, 0.05) is 12.6 Å². The van der Waals surface area contributed by atoms with Crippen LogP contribution in [0.2, 0.25) is 0 Å². The molecule has 0 amide bonds. The van der Waals surface area contributed by atoms with Crippen LogP contribution in [0.5, 0.6) is 0 Å². The number of benzene rings is 1. The number of sulfonamides is 1. The van der Waals surface area contributed by atoms with Crippen LogP contribution in [0.4, 0.5) is 0 Å². The van der Waals surface area contributed by atoms with Crippen molar-refractivity contribution in [3.63, 3.8) is 0 Å². The third kappa shape index (κ3) is 4.06. The second-order valence-electron chi connectivity index (χ2n) is 4.81. The van der Waals surface area contributed by atoms with Crippen molar-refractivity contribution in [2.24, 2.45) is 0 Å². The molecular weight excluding hydrogens is 260 g/mol. The number of rotatable bonds is 6. The first-order valence-electron chi connectivity index (χ1n) is 6.32. The van der Waals surface area contributed by atoms with Crippen LogP contribution in [-0.2, 0) is 16.6 Å². The standard InChI is InChI=1S/C14H18N2O2S/c1-3-11(2)16-19(17,18)14-8-4-12(5-9-14)10-15-13-6-7-13/h1,4-5,8-9,11,13,15-16H,6-7,10H2,2H3. The number of terminal acetylenes is 1. The van der Waals surface area contributed by atoms with Gasteiger partial charge in [-0.3, -0.25) is 0 Å². The second kappa shape index (κ2) is 5.74. The molecule has 0 heterocycles. The number of hydrogen-bond donors (Lipinski definition) is 2. The molecular formula is C14H18N2O2S. The summed E-state index contributed by atoms with van der Waals surface area (Å²) in [6.07, 6.45) is 7.64. The maximum Gasteiger partial charge on any atom is 0.241 e. The predicted molar refractivity (Wildman–Crippen MR) is 74.9 cm³/mol. The topological polar surface area (TPSA) is 58.2 Å². The Bertz CT molecular complexity index is 568. The summed E-state index contributed by atoms with van der Waals surface area (Å²) in [5.41, 5.74) is 1.08. The highest BCUT2D eigenvalue weighted by molar-refractivity contribution is 7.89. The van der Waals surface area contributed by atoms with Crippen LogP contribution in [0.15, 0.2) is 29.2 Å². The Labute approximate surface area is 114 Å². The molecule has 2 rings (SSSR count). The first-order valence-corrected chi connectivity index (χ1v) is 7.80. The van der Waals surface area contributed by atoms with Gasteiger partial charge in [0.25, 0.3) is 0 Å². The third-order valence-corrected chi connectivity index (χ3v) is 4.54. The average molecular weight is 278 g/mol. The van der Waals surface area contributed by atoms with E-state index in [-0.39, 0.29) is 4.90 Å². The maximum atomic E-state index is 12.0. The number of nitrogens with one attached hydrogen (secondary N) is 2. The SMILES string of the molecule is C#CC(C)NS(=O)(=O)c1ccc(CNC2CC2)cc1. The highest BCUT2D eigenvalue weighted by atomic mass is 32.2. The minimum Gasteiger partial charge on any atom is -0.310 e. The summed E-state index contributed by atoms with van der Waals surface area (Å²) in [6, 6.07) is 6.99. The molecule has 0 bridgehead atoms. The lowest BCUT2D eigenvalue weighted by Gasteiger charge is -2.09. The smallest absolute Gasteiger partial charge is 0.241 e. The minimum atomic E-state index is -3.52. The normalized spacial score (nSPS) is 16.8. The molecule has 1 aliphatic rings. The third-order valence-electron chi connectivity index (χ3n) is 2.99. The molecule has 1 aromatic carbocycles. The Morgan fingerprint density at radius 1 is 1.37 bits per heavy atom. The van der Waals surface area contributed by atoms with E-state index in [1.165, 1.54) is 12.8 Å². The predicted octanol–water partition coefficient (Wildman–Crippen LogP) is 1.24. The van der Waals surface area contributed by atoms with Crippen molar-refractivity contribution in [3.05, 3.63) is 29.8 Å². The van der Waals surface area contributed by atoms with Gasteiger partial charge in [-0.25, -0.2) is 8.42 Å². The zero-order valence-corrected chi connectivity index (χ0v) is 11.7. The Hall–Kier alpha value is -1.35. The molecule has 1 aliphatic carbocycles. The zero-order valence-electron chi connectivity index (χ0n) is 10.9. The van der Waals surface area contributed by atoms with Gasteiger partial charge in [0.05, 0.1) is 10.9 Å². The van der Waals surface area contributed by atoms with E-state index in [0.717, 1.165) is 12.1 Å². The van der Waals surface area contributed by atoms with E-state index < -0.39 is 16.1 Å². The molecule has 2 N–H and O–H groups in total. The van der Waals surface area contributed by atoms with Crippen molar-refractivity contribution < 1.29 is 8.42 Å². The highest BCUT2D eigenvalue weighted by Crippen LogP contribution is 2.19. The van der Waals surface area contributed by atoms with Gasteiger partial charge >= 0.3 is 0 Å². The van der Waals surface area contributed by atoms with Gasteiger partial charge in [0.2, 0.25) is 10.0 Å². The Morgan fingerprint density at radius 2 is 2.00 bits per heavy atom. The highest BCUT2D eigenvalue weighted by Gasteiger charge is 2.20. The van der Waals surface area contributed by atoms with Crippen LogP contribution in [0.1, 0.15) is 25.3 Å². The number of hydrogen-bond acceptors (Lipinski definition) is 3. The molecule has 4 nitrogen and oxygen atoms in total. The quantitative estimate of drug-likeness (QED) is 0.770. The molecule has 0 saturated heterocycles. The molecule has 5 heteroatoms. The average Bonchev–Trinajstić information content (AvgIpc) is 3.20. The van der Waals surface area contributed by atoms with Gasteiger partial charge in [0.15, 0.2) is 0 Å². The van der Waals surface area contributed by atoms with Crippen molar-refractivity contribution in [3.8, 4) is 12.3 Å². The first kappa shape index (κ1) is 14.1. The van der Waals surface area contributed by atoms with E-state index in [2.05, 4.69) is 16.0 Å². The summed E-state index contributed by atoms with van der Waals surface area (Å²) in [5.74, 6) is 2.34. The fraction of sp³-hybridized carbons (Fsp3) is 0.429. The zero-order chi connectivity index (χ0) is 13.9. The molecule has 0 spiro atoms. The second-order valence-corrected chi connectivity index (χ2v) is 6.52. The monoisotopic (exact) mass is 278 g/mol. The summed E-state index contributed by atoms with van der Waals surface area (Å²) in [5, 5.41) is 3.38. The van der Waals surface area contributed by atoms with Gasteiger partial charge in [0.1, 0.15) is 0 Å². The molecule has 0 radical (unpaired) electrons. The van der Waals surface area contributed by atoms with Crippen molar-refractivity contribution in [2.75, 3.05) is 0 Å². The molecule has 19 heavy (non-hydrogen) atoms. The van der Waals surface area contributed by atoms with Gasteiger partial charge in [-0.2, -0.15) is 4.72 Å². The van der Waals surface area contributed by atoms with E-state index in [0.29, 0.717) is 6.04 Å². The molecule has 0 aliphatic heterocycles. The summed E-state index contributed by atoms with van der Waals surface area (Å²) in [6.45, 7) is 2.41. The molecule has 102 valence electrons. The van der Waals surface area contributed by atoms with Crippen molar-refractivity contribution in [1.29, 1.82) is 0 Å². The van der Waals surface area contributed by atoms with E-state index in [1.54, 1.807) is 19.1 Å². The van der Waals surface area contributed by atoms with Gasteiger partial charge < -0.3 is 5.32 Å². The lowest BCUT2D eigenvalue weighted by atomic mass is 10.2. The molecule has 1 atom stereocenters. The summed E-state index contributed by atoms with van der Waals surface area (Å²) in [4.78, 5) is 0.241. The molecule has 1 saturated carbocycles. The fourth-order valence-electron chi connectivity index (χ4n) is 1.67. The van der Waals surface area contributed by atoms with Crippen LogP contribution in [0.25, 0.3) is 0 Å². The Balaban J connectivity index is 2.02.